The molecule has 33 heavy (non-hydrogen) atoms. The first-order valence-corrected chi connectivity index (χ1v) is 10.2. The summed E-state index contributed by atoms with van der Waals surface area (Å²) in [6, 6.07) is 11.4. The summed E-state index contributed by atoms with van der Waals surface area (Å²) in [6.07, 6.45) is 3.52. The Morgan fingerprint density at radius 2 is 1.88 bits per heavy atom. The van der Waals surface area contributed by atoms with Gasteiger partial charge >= 0.3 is 5.97 Å². The molecule has 2 aliphatic rings. The molecule has 4 atom stereocenters. The van der Waals surface area contributed by atoms with Crippen LogP contribution < -0.4 is 9.64 Å². The average molecular weight is 447 g/mol. The van der Waals surface area contributed by atoms with Crippen molar-refractivity contribution in [2.45, 2.75) is 24.9 Å². The fourth-order valence-corrected chi connectivity index (χ4v) is 5.03. The third-order valence-corrected chi connectivity index (χ3v) is 6.43. The van der Waals surface area contributed by atoms with E-state index in [2.05, 4.69) is 6.07 Å². The molecule has 2 aromatic carbocycles. The first-order chi connectivity index (χ1) is 15.8. The van der Waals surface area contributed by atoms with E-state index in [9.17, 15) is 25.0 Å². The van der Waals surface area contributed by atoms with Gasteiger partial charge < -0.3 is 14.4 Å². The number of hydrogen-bond acceptors (Lipinski definition) is 8. The van der Waals surface area contributed by atoms with E-state index in [1.807, 2.05) is 6.07 Å². The van der Waals surface area contributed by atoms with Gasteiger partial charge in [-0.2, -0.15) is 5.26 Å². The molecule has 0 radical (unpaired) electrons. The van der Waals surface area contributed by atoms with E-state index in [1.165, 1.54) is 38.3 Å². The SMILES string of the molecule is COC(=O)[C@@]1(C#N)[C@H](c2ccc([N+](=O)[O-])cc2)[C@@H](C(C)=O)N2c3ccc(OC)cc3C=C[C@H]21. The summed E-state index contributed by atoms with van der Waals surface area (Å²) >= 11 is 0. The third kappa shape index (κ3) is 3.14. The number of hydrogen-bond donors (Lipinski definition) is 0. The Hall–Kier alpha value is -4.19. The third-order valence-electron chi connectivity index (χ3n) is 6.43. The number of anilines is 1. The maximum atomic E-state index is 13.2. The van der Waals surface area contributed by atoms with Crippen molar-refractivity contribution in [3.05, 3.63) is 69.8 Å². The molecule has 1 saturated heterocycles. The van der Waals surface area contributed by atoms with Crippen LogP contribution in [-0.2, 0) is 14.3 Å². The second-order valence-electron chi connectivity index (χ2n) is 7.99. The van der Waals surface area contributed by atoms with Crippen LogP contribution in [0.2, 0.25) is 0 Å². The first kappa shape index (κ1) is 22.0. The van der Waals surface area contributed by atoms with Crippen LogP contribution in [0.3, 0.4) is 0 Å². The summed E-state index contributed by atoms with van der Waals surface area (Å²) in [7, 11) is 2.75. The number of fused-ring (bicyclic) bond motifs is 3. The molecule has 0 aliphatic carbocycles. The molecule has 0 unspecified atom stereocenters. The van der Waals surface area contributed by atoms with Crippen molar-refractivity contribution in [2.24, 2.45) is 5.41 Å². The Morgan fingerprint density at radius 3 is 2.42 bits per heavy atom. The van der Waals surface area contributed by atoms with Gasteiger partial charge in [-0.05, 0) is 30.7 Å². The van der Waals surface area contributed by atoms with Gasteiger partial charge in [-0.1, -0.05) is 24.3 Å². The van der Waals surface area contributed by atoms with Crippen molar-refractivity contribution in [2.75, 3.05) is 19.1 Å². The smallest absolute Gasteiger partial charge is 0.329 e. The van der Waals surface area contributed by atoms with E-state index < -0.39 is 34.3 Å². The molecule has 0 amide bonds. The van der Waals surface area contributed by atoms with E-state index in [0.717, 1.165) is 5.56 Å². The van der Waals surface area contributed by atoms with Gasteiger partial charge in [0.05, 0.1) is 37.3 Å². The Bertz CT molecular complexity index is 1220. The topological polar surface area (TPSA) is 123 Å². The minimum atomic E-state index is -1.75. The number of rotatable bonds is 5. The molecule has 0 bridgehead atoms. The number of nitro benzene ring substituents is 1. The summed E-state index contributed by atoms with van der Waals surface area (Å²) in [5.74, 6) is -1.31. The van der Waals surface area contributed by atoms with Crippen molar-refractivity contribution < 1.29 is 24.0 Å². The molecule has 2 aliphatic heterocycles. The number of nitro groups is 1. The van der Waals surface area contributed by atoms with Crippen LogP contribution in [0.25, 0.3) is 6.08 Å². The summed E-state index contributed by atoms with van der Waals surface area (Å²) < 4.78 is 10.4. The number of carbonyl (C=O) groups is 2. The first-order valence-electron chi connectivity index (χ1n) is 10.2. The number of benzene rings is 2. The Kier molecular flexibility index (Phi) is 5.38. The van der Waals surface area contributed by atoms with E-state index in [4.69, 9.17) is 9.47 Å². The summed E-state index contributed by atoms with van der Waals surface area (Å²) in [5, 5.41) is 21.5. The minimum Gasteiger partial charge on any atom is -0.497 e. The van der Waals surface area contributed by atoms with Crippen LogP contribution in [0, 0.1) is 26.9 Å². The van der Waals surface area contributed by atoms with E-state index in [-0.39, 0.29) is 11.5 Å². The van der Waals surface area contributed by atoms with Gasteiger partial charge in [0.1, 0.15) is 5.75 Å². The van der Waals surface area contributed by atoms with Crippen LogP contribution in [0.4, 0.5) is 11.4 Å². The Morgan fingerprint density at radius 1 is 1.18 bits per heavy atom. The largest absolute Gasteiger partial charge is 0.497 e. The normalized spacial score (nSPS) is 24.9. The van der Waals surface area contributed by atoms with Crippen LogP contribution >= 0.6 is 0 Å². The van der Waals surface area contributed by atoms with Crippen LogP contribution in [0.15, 0.2) is 48.5 Å². The molecule has 2 heterocycles. The molecule has 9 nitrogen and oxygen atoms in total. The highest BCUT2D eigenvalue weighted by Gasteiger charge is 2.66. The Balaban J connectivity index is 1.98. The summed E-state index contributed by atoms with van der Waals surface area (Å²) in [6.45, 7) is 1.41. The standard InChI is InChI=1S/C24H21N3O6/c1-14(28)22-21(15-4-7-17(8-5-15)27(30)31)24(13-25,23(29)33-3)20-11-6-16-12-18(32-2)9-10-19(16)26(20)22/h4-12,20-22H,1-3H3/t20-,21+,22+,24+/m0/s1. The number of esters is 1. The van der Waals surface area contributed by atoms with Gasteiger partial charge in [0.15, 0.2) is 11.2 Å². The van der Waals surface area contributed by atoms with Crippen molar-refractivity contribution in [3.8, 4) is 11.8 Å². The molecule has 0 saturated carbocycles. The molecule has 2 aromatic rings. The molecule has 0 N–H and O–H groups in total. The highest BCUT2D eigenvalue weighted by molar-refractivity contribution is 5.96. The van der Waals surface area contributed by atoms with Gasteiger partial charge in [0, 0.05) is 29.3 Å². The fourth-order valence-electron chi connectivity index (χ4n) is 5.03. The number of ketones is 1. The number of methoxy groups -OCH3 is 2. The second kappa shape index (κ2) is 8.06. The molecule has 0 aromatic heterocycles. The number of non-ortho nitro benzene ring substituents is 1. The fraction of sp³-hybridized carbons (Fsp3) is 0.292. The number of Topliss-reactive ketones (excluding diaryl/α,β-unsaturated/α-hetero) is 1. The van der Waals surface area contributed by atoms with Gasteiger partial charge in [-0.25, -0.2) is 0 Å². The van der Waals surface area contributed by atoms with E-state index in [1.54, 1.807) is 36.3 Å². The lowest BCUT2D eigenvalue weighted by Crippen LogP contribution is -2.46. The van der Waals surface area contributed by atoms with Crippen molar-refractivity contribution in [1.82, 2.24) is 0 Å². The monoisotopic (exact) mass is 447 g/mol. The minimum absolute atomic E-state index is 0.133. The summed E-state index contributed by atoms with van der Waals surface area (Å²) in [4.78, 5) is 38.6. The number of nitrogens with zero attached hydrogens (tertiary/aromatic N) is 3. The van der Waals surface area contributed by atoms with Crippen LogP contribution in [-0.4, -0.2) is 43.0 Å². The lowest BCUT2D eigenvalue weighted by atomic mass is 9.68. The summed E-state index contributed by atoms with van der Waals surface area (Å²) in [5.41, 5.74) is 0.0294. The van der Waals surface area contributed by atoms with E-state index in [0.29, 0.717) is 17.0 Å². The van der Waals surface area contributed by atoms with Gasteiger partial charge in [0.25, 0.3) is 5.69 Å². The lowest BCUT2D eigenvalue weighted by molar-refractivity contribution is -0.384. The van der Waals surface area contributed by atoms with Crippen LogP contribution in [0.5, 0.6) is 5.75 Å². The Labute approximate surface area is 190 Å². The number of carbonyl (C=O) groups excluding carboxylic acids is 2. The molecule has 9 heteroatoms. The zero-order valence-electron chi connectivity index (χ0n) is 18.2. The predicted molar refractivity (Wildman–Crippen MR) is 119 cm³/mol. The second-order valence-corrected chi connectivity index (χ2v) is 7.99. The molecular weight excluding hydrogens is 426 g/mol. The van der Waals surface area contributed by atoms with Crippen molar-refractivity contribution >= 4 is 29.2 Å². The molecule has 168 valence electrons. The lowest BCUT2D eigenvalue weighted by Gasteiger charge is -2.36. The molecular formula is C24H21N3O6. The van der Waals surface area contributed by atoms with E-state index >= 15 is 0 Å². The zero-order valence-corrected chi connectivity index (χ0v) is 18.2. The average Bonchev–Trinajstić information content (AvgIpc) is 3.14. The van der Waals surface area contributed by atoms with Crippen LogP contribution in [0.1, 0.15) is 24.0 Å². The quantitative estimate of drug-likeness (QED) is 0.389. The highest BCUT2D eigenvalue weighted by Crippen LogP contribution is 2.56. The highest BCUT2D eigenvalue weighted by atomic mass is 16.6. The van der Waals surface area contributed by atoms with Gasteiger partial charge in [0.2, 0.25) is 0 Å². The van der Waals surface area contributed by atoms with Crippen molar-refractivity contribution in [1.29, 1.82) is 5.26 Å². The zero-order chi connectivity index (χ0) is 23.9. The maximum absolute atomic E-state index is 13.2. The van der Waals surface area contributed by atoms with Crippen molar-refractivity contribution in [3.63, 3.8) is 0 Å². The van der Waals surface area contributed by atoms with Gasteiger partial charge in [-0.3, -0.25) is 19.7 Å². The predicted octanol–water partition coefficient (Wildman–Crippen LogP) is 3.24. The number of ether oxygens (including phenoxy) is 2. The molecule has 4 rings (SSSR count). The number of nitriles is 1. The molecule has 1 fully saturated rings. The molecule has 0 spiro atoms. The van der Waals surface area contributed by atoms with Gasteiger partial charge in [-0.15, -0.1) is 0 Å². The maximum Gasteiger partial charge on any atom is 0.329 e.